The van der Waals surface area contributed by atoms with E-state index in [1.54, 1.807) is 30.2 Å². The minimum absolute atomic E-state index is 0.227. The monoisotopic (exact) mass is 322 g/mol. The molecule has 120 valence electrons. The summed E-state index contributed by atoms with van der Waals surface area (Å²) in [4.78, 5) is 21.1. The number of aryl methyl sites for hydroxylation is 1. The lowest BCUT2D eigenvalue weighted by molar-refractivity contribution is 0.400. The summed E-state index contributed by atoms with van der Waals surface area (Å²) in [7, 11) is 1.46. The van der Waals surface area contributed by atoms with Crippen molar-refractivity contribution in [3.8, 4) is 22.7 Å². The van der Waals surface area contributed by atoms with Crippen LogP contribution in [0.25, 0.3) is 22.6 Å². The molecule has 4 heterocycles. The Morgan fingerprint density at radius 1 is 1.29 bits per heavy atom. The van der Waals surface area contributed by atoms with Gasteiger partial charge in [0.15, 0.2) is 11.5 Å². The van der Waals surface area contributed by atoms with E-state index in [4.69, 9.17) is 4.74 Å². The zero-order valence-electron chi connectivity index (χ0n) is 13.1. The van der Waals surface area contributed by atoms with Crippen LogP contribution in [-0.2, 0) is 0 Å². The van der Waals surface area contributed by atoms with Crippen molar-refractivity contribution in [1.82, 2.24) is 29.4 Å². The molecule has 24 heavy (non-hydrogen) atoms. The summed E-state index contributed by atoms with van der Waals surface area (Å²) in [6.07, 6.45) is 6.99. The molecule has 4 rings (SSSR count). The zero-order chi connectivity index (χ0) is 16.7. The molecule has 0 aliphatic rings. The number of hydrogen-bond acceptors (Lipinski definition) is 5. The molecule has 0 radical (unpaired) electrons. The normalized spacial score (nSPS) is 11.1. The van der Waals surface area contributed by atoms with E-state index in [2.05, 4.69) is 20.2 Å². The molecular weight excluding hydrogens is 308 g/mol. The van der Waals surface area contributed by atoms with Gasteiger partial charge in [-0.2, -0.15) is 9.61 Å². The quantitative estimate of drug-likeness (QED) is 0.618. The van der Waals surface area contributed by atoms with Gasteiger partial charge >= 0.3 is 5.56 Å². The van der Waals surface area contributed by atoms with Crippen LogP contribution >= 0.6 is 0 Å². The molecule has 0 amide bonds. The van der Waals surface area contributed by atoms with Crippen LogP contribution in [0.2, 0.25) is 0 Å². The van der Waals surface area contributed by atoms with Crippen molar-refractivity contribution in [2.45, 2.75) is 6.92 Å². The SMILES string of the molecule is COc1c(C)nc2c(-c3cnn(-c4ccccn4)c3)c[nH]n2c1=O. The fraction of sp³-hybridized carbons (Fsp3) is 0.125. The van der Waals surface area contributed by atoms with Crippen molar-refractivity contribution in [2.24, 2.45) is 0 Å². The Kier molecular flexibility index (Phi) is 3.16. The number of H-pyrrole nitrogens is 1. The van der Waals surface area contributed by atoms with Crippen LogP contribution < -0.4 is 10.3 Å². The maximum Gasteiger partial charge on any atom is 0.315 e. The van der Waals surface area contributed by atoms with E-state index < -0.39 is 0 Å². The molecular formula is C16H14N6O2. The molecule has 0 atom stereocenters. The summed E-state index contributed by atoms with van der Waals surface area (Å²) in [5.74, 6) is 0.941. The lowest BCUT2D eigenvalue weighted by Crippen LogP contribution is -2.18. The Bertz CT molecular complexity index is 1080. The van der Waals surface area contributed by atoms with Crippen LogP contribution in [0.3, 0.4) is 0 Å². The predicted molar refractivity (Wildman–Crippen MR) is 87.5 cm³/mol. The average molecular weight is 322 g/mol. The Hall–Kier alpha value is -3.42. The summed E-state index contributed by atoms with van der Waals surface area (Å²) in [6.45, 7) is 1.74. The van der Waals surface area contributed by atoms with Gasteiger partial charge in [-0.15, -0.1) is 0 Å². The Morgan fingerprint density at radius 3 is 2.92 bits per heavy atom. The number of aromatic nitrogens is 6. The maximum absolute atomic E-state index is 12.4. The van der Waals surface area contributed by atoms with Crippen LogP contribution in [0.5, 0.6) is 5.75 Å². The van der Waals surface area contributed by atoms with Gasteiger partial charge in [-0.1, -0.05) is 6.07 Å². The molecule has 1 N–H and O–H groups in total. The molecule has 0 aliphatic carbocycles. The third kappa shape index (κ3) is 2.08. The molecule has 0 saturated heterocycles. The van der Waals surface area contributed by atoms with Crippen molar-refractivity contribution in [1.29, 1.82) is 0 Å². The summed E-state index contributed by atoms with van der Waals surface area (Å²) >= 11 is 0. The molecule has 8 nitrogen and oxygen atoms in total. The molecule has 0 aliphatic heterocycles. The van der Waals surface area contributed by atoms with E-state index in [9.17, 15) is 4.79 Å². The van der Waals surface area contributed by atoms with Gasteiger partial charge in [0.25, 0.3) is 0 Å². The lowest BCUT2D eigenvalue weighted by Gasteiger charge is -2.03. The number of hydrogen-bond donors (Lipinski definition) is 1. The maximum atomic E-state index is 12.4. The summed E-state index contributed by atoms with van der Waals surface area (Å²) in [5, 5.41) is 7.24. The Balaban J connectivity index is 1.86. The van der Waals surface area contributed by atoms with Crippen molar-refractivity contribution in [2.75, 3.05) is 7.11 Å². The van der Waals surface area contributed by atoms with Crippen LogP contribution in [0.15, 0.2) is 47.8 Å². The van der Waals surface area contributed by atoms with Gasteiger partial charge in [0.05, 0.1) is 19.0 Å². The summed E-state index contributed by atoms with van der Waals surface area (Å²) in [6, 6.07) is 5.61. The largest absolute Gasteiger partial charge is 0.490 e. The second kappa shape index (κ2) is 5.34. The third-order valence-corrected chi connectivity index (χ3v) is 3.77. The zero-order valence-corrected chi connectivity index (χ0v) is 13.1. The lowest BCUT2D eigenvalue weighted by atomic mass is 10.2. The molecule has 8 heteroatoms. The first-order valence-corrected chi connectivity index (χ1v) is 7.30. The van der Waals surface area contributed by atoms with Crippen LogP contribution in [0, 0.1) is 6.92 Å². The number of fused-ring (bicyclic) bond motifs is 1. The highest BCUT2D eigenvalue weighted by Gasteiger charge is 2.16. The topological polar surface area (TPSA) is 90.1 Å². The molecule has 4 aromatic heterocycles. The minimum atomic E-state index is -0.275. The van der Waals surface area contributed by atoms with Crippen molar-refractivity contribution >= 4 is 5.65 Å². The van der Waals surface area contributed by atoms with E-state index >= 15 is 0 Å². The molecule has 0 fully saturated rings. The van der Waals surface area contributed by atoms with Crippen molar-refractivity contribution in [3.63, 3.8) is 0 Å². The molecule has 0 spiro atoms. The first kappa shape index (κ1) is 14.2. The first-order valence-electron chi connectivity index (χ1n) is 7.30. The number of aromatic amines is 1. The molecule has 0 unspecified atom stereocenters. The van der Waals surface area contributed by atoms with Crippen LogP contribution in [0.1, 0.15) is 5.69 Å². The molecule has 0 aromatic carbocycles. The van der Waals surface area contributed by atoms with E-state index in [0.717, 1.165) is 11.1 Å². The van der Waals surface area contributed by atoms with E-state index in [0.29, 0.717) is 17.2 Å². The minimum Gasteiger partial charge on any atom is -0.490 e. The van der Waals surface area contributed by atoms with E-state index in [1.807, 2.05) is 24.4 Å². The van der Waals surface area contributed by atoms with Gasteiger partial charge in [0, 0.05) is 29.7 Å². The number of ether oxygens (including phenoxy) is 1. The summed E-state index contributed by atoms with van der Waals surface area (Å²) < 4.78 is 8.15. The second-order valence-electron chi connectivity index (χ2n) is 5.24. The van der Waals surface area contributed by atoms with Crippen molar-refractivity contribution in [3.05, 3.63) is 59.0 Å². The fourth-order valence-electron chi connectivity index (χ4n) is 2.63. The highest BCUT2D eigenvalue weighted by atomic mass is 16.5. The Labute approximate surface area is 136 Å². The number of rotatable bonds is 3. The van der Waals surface area contributed by atoms with Gasteiger partial charge in [-0.3, -0.25) is 9.89 Å². The summed E-state index contributed by atoms with van der Waals surface area (Å²) in [5.41, 5.74) is 2.40. The van der Waals surface area contributed by atoms with Crippen molar-refractivity contribution < 1.29 is 4.74 Å². The second-order valence-corrected chi connectivity index (χ2v) is 5.24. The highest BCUT2D eigenvalue weighted by Crippen LogP contribution is 2.24. The van der Waals surface area contributed by atoms with Gasteiger partial charge in [-0.05, 0) is 19.1 Å². The predicted octanol–water partition coefficient (Wildman–Crippen LogP) is 1.59. The highest BCUT2D eigenvalue weighted by molar-refractivity contribution is 5.76. The van der Waals surface area contributed by atoms with Crippen LogP contribution in [0.4, 0.5) is 0 Å². The molecule has 0 bridgehead atoms. The van der Waals surface area contributed by atoms with Gasteiger partial charge < -0.3 is 4.74 Å². The van der Waals surface area contributed by atoms with E-state index in [-0.39, 0.29) is 11.3 Å². The van der Waals surface area contributed by atoms with Gasteiger partial charge in [-0.25, -0.2) is 14.6 Å². The standard InChI is InChI=1S/C16H14N6O2/c1-10-14(24-2)16(23)22-15(20-10)12(8-19-22)11-7-18-21(9-11)13-5-3-4-6-17-13/h3-9,19H,1-2H3. The third-order valence-electron chi connectivity index (χ3n) is 3.77. The molecule has 0 saturated carbocycles. The molecule has 4 aromatic rings. The fourth-order valence-corrected chi connectivity index (χ4v) is 2.63. The van der Waals surface area contributed by atoms with Gasteiger partial charge in [0.1, 0.15) is 0 Å². The first-order chi connectivity index (χ1) is 11.7. The number of nitrogens with zero attached hydrogens (tertiary/aromatic N) is 5. The van der Waals surface area contributed by atoms with Crippen LogP contribution in [-0.4, -0.2) is 36.5 Å². The number of methoxy groups -OCH3 is 1. The number of pyridine rings is 1. The average Bonchev–Trinajstić information content (AvgIpc) is 3.22. The smallest absolute Gasteiger partial charge is 0.315 e. The van der Waals surface area contributed by atoms with Gasteiger partial charge in [0.2, 0.25) is 5.75 Å². The number of nitrogens with one attached hydrogen (secondary N) is 1. The Morgan fingerprint density at radius 2 is 2.17 bits per heavy atom. The van der Waals surface area contributed by atoms with E-state index in [1.165, 1.54) is 11.6 Å².